The molecule has 1 aromatic rings. The quantitative estimate of drug-likeness (QED) is 0.800. The zero-order chi connectivity index (χ0) is 15.1. The summed E-state index contributed by atoms with van der Waals surface area (Å²) in [5, 5.41) is 11.6. The Morgan fingerprint density at radius 3 is 2.35 bits per heavy atom. The van der Waals surface area contributed by atoms with E-state index < -0.39 is 24.0 Å². The molecule has 5 heteroatoms. The number of carboxylic acid groups (broad SMARTS) is 1. The van der Waals surface area contributed by atoms with Crippen molar-refractivity contribution in [1.82, 2.24) is 5.32 Å². The van der Waals surface area contributed by atoms with Gasteiger partial charge in [0.15, 0.2) is 6.10 Å². The van der Waals surface area contributed by atoms with Crippen LogP contribution in [-0.2, 0) is 14.3 Å². The highest BCUT2D eigenvalue weighted by Crippen LogP contribution is 2.18. The molecule has 20 heavy (non-hydrogen) atoms. The Hall–Kier alpha value is -1.88. The van der Waals surface area contributed by atoms with Crippen LogP contribution in [0.5, 0.6) is 0 Å². The summed E-state index contributed by atoms with van der Waals surface area (Å²) >= 11 is 0. The van der Waals surface area contributed by atoms with Gasteiger partial charge in [-0.25, -0.2) is 0 Å². The molecule has 5 nitrogen and oxygen atoms in total. The predicted molar refractivity (Wildman–Crippen MR) is 75.2 cm³/mol. The van der Waals surface area contributed by atoms with Gasteiger partial charge in [-0.15, -0.1) is 0 Å². The molecule has 1 rings (SSSR count). The molecule has 0 aromatic heterocycles. The van der Waals surface area contributed by atoms with E-state index in [1.165, 1.54) is 0 Å². The van der Waals surface area contributed by atoms with Crippen LogP contribution in [0.25, 0.3) is 0 Å². The van der Waals surface area contributed by atoms with E-state index in [0.29, 0.717) is 6.61 Å². The molecule has 0 fully saturated rings. The van der Waals surface area contributed by atoms with Crippen LogP contribution < -0.4 is 5.32 Å². The number of hydrogen-bond acceptors (Lipinski definition) is 3. The predicted octanol–water partition coefficient (Wildman–Crippen LogP) is 1.99. The minimum Gasteiger partial charge on any atom is -0.481 e. The maximum absolute atomic E-state index is 12.2. The van der Waals surface area contributed by atoms with E-state index >= 15 is 0 Å². The highest BCUT2D eigenvalue weighted by molar-refractivity contribution is 5.83. The highest BCUT2D eigenvalue weighted by atomic mass is 16.5. The molecule has 1 amide bonds. The number of benzene rings is 1. The number of hydrogen-bond donors (Lipinski definition) is 2. The number of ether oxygens (including phenoxy) is 1. The van der Waals surface area contributed by atoms with Gasteiger partial charge in [-0.2, -0.15) is 0 Å². The van der Waals surface area contributed by atoms with Gasteiger partial charge in [0.1, 0.15) is 0 Å². The van der Waals surface area contributed by atoms with Crippen LogP contribution in [0.15, 0.2) is 30.3 Å². The summed E-state index contributed by atoms with van der Waals surface area (Å²) in [6, 6.07) is 8.68. The molecule has 0 saturated carbocycles. The summed E-state index contributed by atoms with van der Waals surface area (Å²) in [5.74, 6) is -1.92. The third-order valence-corrected chi connectivity index (χ3v) is 3.18. The average molecular weight is 279 g/mol. The lowest BCUT2D eigenvalue weighted by molar-refractivity contribution is -0.142. The largest absolute Gasteiger partial charge is 0.481 e. The monoisotopic (exact) mass is 279 g/mol. The van der Waals surface area contributed by atoms with E-state index in [4.69, 9.17) is 9.84 Å². The Kier molecular flexibility index (Phi) is 6.18. The number of carboxylic acids is 1. The van der Waals surface area contributed by atoms with E-state index in [-0.39, 0.29) is 5.91 Å². The second kappa shape index (κ2) is 7.65. The van der Waals surface area contributed by atoms with Crippen LogP contribution in [0.1, 0.15) is 32.4 Å². The Balaban J connectivity index is 2.78. The van der Waals surface area contributed by atoms with Crippen LogP contribution in [-0.4, -0.2) is 29.6 Å². The molecule has 0 aliphatic rings. The Bertz CT molecular complexity index is 446. The molecule has 0 radical (unpaired) electrons. The van der Waals surface area contributed by atoms with Gasteiger partial charge in [-0.1, -0.05) is 30.3 Å². The number of carbonyl (C=O) groups is 2. The zero-order valence-corrected chi connectivity index (χ0v) is 12.0. The van der Waals surface area contributed by atoms with Crippen molar-refractivity contribution in [2.24, 2.45) is 5.92 Å². The van der Waals surface area contributed by atoms with Crippen molar-refractivity contribution in [3.63, 3.8) is 0 Å². The fraction of sp³-hybridized carbons (Fsp3) is 0.467. The molecule has 110 valence electrons. The number of amides is 1. The first-order valence-corrected chi connectivity index (χ1v) is 6.67. The molecule has 1 aromatic carbocycles. The first-order chi connectivity index (χ1) is 9.47. The Morgan fingerprint density at radius 2 is 1.85 bits per heavy atom. The molecule has 0 heterocycles. The van der Waals surface area contributed by atoms with E-state index in [2.05, 4.69) is 5.32 Å². The summed E-state index contributed by atoms with van der Waals surface area (Å²) in [5.41, 5.74) is 0.752. The second-order valence-electron chi connectivity index (χ2n) is 4.67. The van der Waals surface area contributed by atoms with Gasteiger partial charge >= 0.3 is 5.97 Å². The number of nitrogens with one attached hydrogen (secondary N) is 1. The minimum atomic E-state index is -0.939. The van der Waals surface area contributed by atoms with Crippen molar-refractivity contribution < 1.29 is 19.4 Å². The molecule has 3 atom stereocenters. The molecular formula is C15H21NO4. The second-order valence-corrected chi connectivity index (χ2v) is 4.67. The van der Waals surface area contributed by atoms with Crippen LogP contribution in [0, 0.1) is 5.92 Å². The van der Waals surface area contributed by atoms with Crippen molar-refractivity contribution in [3.05, 3.63) is 35.9 Å². The van der Waals surface area contributed by atoms with Crippen LogP contribution in [0.3, 0.4) is 0 Å². The van der Waals surface area contributed by atoms with Gasteiger partial charge < -0.3 is 15.2 Å². The lowest BCUT2D eigenvalue weighted by Gasteiger charge is -2.22. The summed E-state index contributed by atoms with van der Waals surface area (Å²) in [7, 11) is 0. The van der Waals surface area contributed by atoms with Gasteiger partial charge in [0.2, 0.25) is 0 Å². The van der Waals surface area contributed by atoms with Gasteiger partial charge in [0, 0.05) is 12.6 Å². The average Bonchev–Trinajstić information content (AvgIpc) is 2.44. The third-order valence-electron chi connectivity index (χ3n) is 3.18. The van der Waals surface area contributed by atoms with Crippen molar-refractivity contribution in [2.45, 2.75) is 32.9 Å². The lowest BCUT2D eigenvalue weighted by Crippen LogP contribution is -2.42. The van der Waals surface area contributed by atoms with Gasteiger partial charge in [-0.3, -0.25) is 9.59 Å². The molecule has 0 bridgehead atoms. The van der Waals surface area contributed by atoms with E-state index in [9.17, 15) is 9.59 Å². The standard InChI is InChI=1S/C15H21NO4/c1-4-20-13(12-8-6-5-7-9-12)14(17)16-11(3)10(2)15(18)19/h5-11,13H,4H2,1-3H3,(H,16,17)(H,18,19). The van der Waals surface area contributed by atoms with Gasteiger partial charge in [-0.05, 0) is 26.3 Å². The van der Waals surface area contributed by atoms with E-state index in [0.717, 1.165) is 5.56 Å². The fourth-order valence-electron chi connectivity index (χ4n) is 1.76. The molecule has 0 aliphatic carbocycles. The van der Waals surface area contributed by atoms with Gasteiger partial charge in [0.05, 0.1) is 5.92 Å². The Morgan fingerprint density at radius 1 is 1.25 bits per heavy atom. The molecule has 0 aliphatic heterocycles. The van der Waals surface area contributed by atoms with Crippen molar-refractivity contribution >= 4 is 11.9 Å². The molecular weight excluding hydrogens is 258 g/mol. The normalized spacial score (nSPS) is 15.2. The van der Waals surface area contributed by atoms with Crippen molar-refractivity contribution in [2.75, 3.05) is 6.61 Å². The summed E-state index contributed by atoms with van der Waals surface area (Å²) < 4.78 is 5.47. The highest BCUT2D eigenvalue weighted by Gasteiger charge is 2.26. The smallest absolute Gasteiger partial charge is 0.308 e. The summed E-state index contributed by atoms with van der Waals surface area (Å²) in [4.78, 5) is 23.1. The fourth-order valence-corrected chi connectivity index (χ4v) is 1.76. The van der Waals surface area contributed by atoms with E-state index in [1.54, 1.807) is 13.8 Å². The minimum absolute atomic E-state index is 0.321. The SMILES string of the molecule is CCOC(C(=O)NC(C)C(C)C(=O)O)c1ccccc1. The number of carbonyl (C=O) groups excluding carboxylic acids is 1. The third kappa shape index (κ3) is 4.35. The maximum Gasteiger partial charge on any atom is 0.308 e. The van der Waals surface area contributed by atoms with Crippen LogP contribution in [0.4, 0.5) is 0 Å². The maximum atomic E-state index is 12.2. The molecule has 0 spiro atoms. The molecule has 3 unspecified atom stereocenters. The summed E-state index contributed by atoms with van der Waals surface area (Å²) in [6.07, 6.45) is -0.718. The summed E-state index contributed by atoms with van der Waals surface area (Å²) in [6.45, 7) is 5.44. The van der Waals surface area contributed by atoms with Crippen molar-refractivity contribution in [3.8, 4) is 0 Å². The van der Waals surface area contributed by atoms with Crippen molar-refractivity contribution in [1.29, 1.82) is 0 Å². The molecule has 2 N–H and O–H groups in total. The first-order valence-electron chi connectivity index (χ1n) is 6.67. The molecule has 0 saturated heterocycles. The topological polar surface area (TPSA) is 75.6 Å². The lowest BCUT2D eigenvalue weighted by atomic mass is 10.0. The zero-order valence-electron chi connectivity index (χ0n) is 12.0. The number of aliphatic carboxylic acids is 1. The first kappa shape index (κ1) is 16.2. The van der Waals surface area contributed by atoms with Crippen LogP contribution in [0.2, 0.25) is 0 Å². The van der Waals surface area contributed by atoms with Crippen LogP contribution >= 0.6 is 0 Å². The number of rotatable bonds is 7. The Labute approximate surface area is 118 Å². The van der Waals surface area contributed by atoms with E-state index in [1.807, 2.05) is 37.3 Å². The van der Waals surface area contributed by atoms with Gasteiger partial charge in [0.25, 0.3) is 5.91 Å².